The fraction of sp³-hybridized carbons (Fsp3) is 0.0213. The van der Waals surface area contributed by atoms with Crippen molar-refractivity contribution < 1.29 is 11.3 Å². The highest BCUT2D eigenvalue weighted by Crippen LogP contribution is 2.58. The molecule has 0 spiro atoms. The molecule has 1 aliphatic carbocycles. The predicted molar refractivity (Wildman–Crippen MR) is 203 cm³/mol. The van der Waals surface area contributed by atoms with E-state index in [2.05, 4.69) is 71.6 Å². The maximum Gasteiger partial charge on any atom is 0.140 e. The third kappa shape index (κ3) is 4.07. The molecule has 1 unspecified atom stereocenters. The third-order valence-corrected chi connectivity index (χ3v) is 9.98. The van der Waals surface area contributed by atoms with Crippen LogP contribution in [0.4, 0.5) is 17.1 Å². The Bertz CT molecular complexity index is 2940. The van der Waals surface area contributed by atoms with Gasteiger partial charge in [-0.25, -0.2) is 0 Å². The summed E-state index contributed by atoms with van der Waals surface area (Å²) >= 11 is 0. The summed E-state index contributed by atoms with van der Waals surface area (Å²) in [6, 6.07) is 51.6. The van der Waals surface area contributed by atoms with Crippen molar-refractivity contribution in [2.75, 3.05) is 4.90 Å². The molecule has 10 rings (SSSR count). The van der Waals surface area contributed by atoms with Gasteiger partial charge in [-0.3, -0.25) is 0 Å². The minimum absolute atomic E-state index is 0.190. The molecule has 49 heavy (non-hydrogen) atoms. The van der Waals surface area contributed by atoms with Gasteiger partial charge in [0.1, 0.15) is 11.2 Å². The molecule has 1 aliphatic rings. The normalized spacial score (nSPS) is 16.4. The van der Waals surface area contributed by atoms with Crippen LogP contribution in [0.2, 0.25) is 0 Å². The van der Waals surface area contributed by atoms with Gasteiger partial charge in [-0.2, -0.15) is 0 Å². The average molecular weight is 631 g/mol. The number of fused-ring (bicyclic) bond motifs is 7. The van der Waals surface area contributed by atoms with Gasteiger partial charge in [0.05, 0.1) is 12.3 Å². The molecule has 0 N–H and O–H groups in total. The molecule has 2 heteroatoms. The molecule has 0 saturated carbocycles. The number of rotatable bonds is 5. The molecule has 1 aromatic heterocycles. The van der Waals surface area contributed by atoms with Crippen molar-refractivity contribution in [3.05, 3.63) is 210 Å². The van der Waals surface area contributed by atoms with E-state index in [-0.39, 0.29) is 29.7 Å². The highest BCUT2D eigenvalue weighted by Gasteiger charge is 2.47. The van der Waals surface area contributed by atoms with Gasteiger partial charge in [0.25, 0.3) is 0 Å². The Labute approximate surface area is 292 Å². The molecule has 230 valence electrons. The van der Waals surface area contributed by atoms with Crippen molar-refractivity contribution in [1.82, 2.24) is 0 Å². The summed E-state index contributed by atoms with van der Waals surface area (Å²) in [6.45, 7) is 0. The average Bonchev–Trinajstić information content (AvgIpc) is 3.74. The molecule has 1 atom stereocenters. The molecule has 0 amide bonds. The number of furan rings is 1. The van der Waals surface area contributed by atoms with Crippen LogP contribution in [0.3, 0.4) is 0 Å². The van der Waals surface area contributed by atoms with E-state index in [1.807, 2.05) is 91.0 Å². The van der Waals surface area contributed by atoms with Crippen LogP contribution in [0.15, 0.2) is 192 Å². The van der Waals surface area contributed by atoms with Crippen molar-refractivity contribution in [2.24, 2.45) is 0 Å². The van der Waals surface area contributed by atoms with Crippen LogP contribution >= 0.6 is 0 Å². The minimum Gasteiger partial charge on any atom is -0.456 e. The van der Waals surface area contributed by atoms with E-state index in [4.69, 9.17) is 8.53 Å². The fourth-order valence-corrected chi connectivity index (χ4v) is 7.93. The number of benzene rings is 8. The van der Waals surface area contributed by atoms with Gasteiger partial charge in [0.15, 0.2) is 0 Å². The summed E-state index contributed by atoms with van der Waals surface area (Å²) in [5, 5.41) is 4.12. The van der Waals surface area contributed by atoms with E-state index in [1.54, 1.807) is 0 Å². The summed E-state index contributed by atoms with van der Waals surface area (Å²) < 4.78 is 51.9. The van der Waals surface area contributed by atoms with Crippen molar-refractivity contribution >= 4 is 49.8 Å². The molecule has 0 saturated heterocycles. The predicted octanol–water partition coefficient (Wildman–Crippen LogP) is 12.6. The van der Waals surface area contributed by atoms with Crippen molar-refractivity contribution in [3.8, 4) is 11.1 Å². The van der Waals surface area contributed by atoms with Crippen molar-refractivity contribution in [1.29, 1.82) is 0 Å². The van der Waals surface area contributed by atoms with Crippen LogP contribution in [0.5, 0.6) is 0 Å². The molecule has 0 aliphatic heterocycles. The first kappa shape index (κ1) is 23.0. The van der Waals surface area contributed by atoms with E-state index in [1.165, 1.54) is 0 Å². The Morgan fingerprint density at radius 1 is 0.469 bits per heavy atom. The standard InChI is InChI=1S/C47H31NO/c1-3-16-34(17-4-1)47(44-24-13-22-40-39-21-10-12-25-45(39)49-46(40)44)42-23-11-9-20-38(42)41-31-37(28-29-43(41)47)48(35-18-5-2-6-19-35)36-27-26-32-14-7-8-15-33(32)30-36/h1-31H/i1D,3D,4D,16D,17D. The molecule has 8 aromatic carbocycles. The van der Waals surface area contributed by atoms with E-state index in [0.717, 1.165) is 60.9 Å². The fourth-order valence-electron chi connectivity index (χ4n) is 7.93. The van der Waals surface area contributed by atoms with Gasteiger partial charge >= 0.3 is 0 Å². The van der Waals surface area contributed by atoms with Crippen LogP contribution in [0, 0.1) is 0 Å². The summed E-state index contributed by atoms with van der Waals surface area (Å²) in [4.78, 5) is 2.24. The SMILES string of the molecule is [2H]c1c([2H])c([2H])c(C2(c3cccc4c3oc3ccccc34)c3ccccc3-c3cc(N(c4ccccc4)c4ccc5ccccc5c4)ccc32)c([2H])c1[2H]. The van der Waals surface area contributed by atoms with Gasteiger partial charge in [-0.15, -0.1) is 0 Å². The Morgan fingerprint density at radius 3 is 2.04 bits per heavy atom. The van der Waals surface area contributed by atoms with Gasteiger partial charge in [0.2, 0.25) is 0 Å². The second-order valence-corrected chi connectivity index (χ2v) is 12.5. The molecular formula is C47H31NO. The van der Waals surface area contributed by atoms with E-state index < -0.39 is 11.5 Å². The highest BCUT2D eigenvalue weighted by molar-refractivity contribution is 6.07. The second kappa shape index (κ2) is 10.8. The lowest BCUT2D eigenvalue weighted by Gasteiger charge is -2.34. The van der Waals surface area contributed by atoms with Crippen LogP contribution in [0.25, 0.3) is 43.8 Å². The lowest BCUT2D eigenvalue weighted by Crippen LogP contribution is -2.28. The van der Waals surface area contributed by atoms with Crippen LogP contribution in [-0.2, 0) is 5.41 Å². The first-order valence-corrected chi connectivity index (χ1v) is 16.4. The van der Waals surface area contributed by atoms with E-state index in [0.29, 0.717) is 16.7 Å². The Hall–Kier alpha value is -6.38. The van der Waals surface area contributed by atoms with E-state index in [9.17, 15) is 2.74 Å². The zero-order valence-electron chi connectivity index (χ0n) is 31.4. The summed E-state index contributed by atoms with van der Waals surface area (Å²) in [5.74, 6) is 0. The lowest BCUT2D eigenvalue weighted by atomic mass is 9.67. The largest absolute Gasteiger partial charge is 0.456 e. The van der Waals surface area contributed by atoms with Crippen molar-refractivity contribution in [2.45, 2.75) is 5.41 Å². The zero-order valence-corrected chi connectivity index (χ0v) is 26.4. The van der Waals surface area contributed by atoms with Gasteiger partial charge in [-0.1, -0.05) is 145 Å². The molecular weight excluding hydrogens is 595 g/mol. The minimum atomic E-state index is -1.33. The molecule has 2 nitrogen and oxygen atoms in total. The summed E-state index contributed by atoms with van der Waals surface area (Å²) in [6.07, 6.45) is 0. The Morgan fingerprint density at radius 2 is 1.14 bits per heavy atom. The van der Waals surface area contributed by atoms with Gasteiger partial charge in [-0.05, 0) is 81.1 Å². The second-order valence-electron chi connectivity index (χ2n) is 12.5. The Kier molecular flexibility index (Phi) is 5.09. The number of hydrogen-bond donors (Lipinski definition) is 0. The van der Waals surface area contributed by atoms with Gasteiger partial charge in [0, 0.05) is 33.4 Å². The topological polar surface area (TPSA) is 16.4 Å². The maximum atomic E-state index is 9.46. The number of para-hydroxylation sites is 3. The summed E-state index contributed by atoms with van der Waals surface area (Å²) in [5.41, 5.74) is 7.26. The van der Waals surface area contributed by atoms with Crippen LogP contribution < -0.4 is 4.90 Å². The highest BCUT2D eigenvalue weighted by atomic mass is 16.3. The molecule has 0 fully saturated rings. The Balaban J connectivity index is 1.32. The lowest BCUT2D eigenvalue weighted by molar-refractivity contribution is 0.648. The number of nitrogens with zero attached hydrogens (tertiary/aromatic N) is 1. The first-order chi connectivity index (χ1) is 26.4. The summed E-state index contributed by atoms with van der Waals surface area (Å²) in [7, 11) is 0. The molecule has 0 radical (unpaired) electrons. The van der Waals surface area contributed by atoms with Gasteiger partial charge < -0.3 is 9.32 Å². The number of anilines is 3. The smallest absolute Gasteiger partial charge is 0.140 e. The zero-order chi connectivity index (χ0) is 36.7. The quantitative estimate of drug-likeness (QED) is 0.188. The van der Waals surface area contributed by atoms with E-state index >= 15 is 0 Å². The maximum absolute atomic E-state index is 9.46. The molecule has 9 aromatic rings. The van der Waals surface area contributed by atoms with Crippen LogP contribution in [0.1, 0.15) is 29.1 Å². The molecule has 0 bridgehead atoms. The number of hydrogen-bond acceptors (Lipinski definition) is 2. The first-order valence-electron chi connectivity index (χ1n) is 18.9. The third-order valence-electron chi connectivity index (χ3n) is 9.98. The molecule has 1 heterocycles. The van der Waals surface area contributed by atoms with Crippen molar-refractivity contribution in [3.63, 3.8) is 0 Å². The van der Waals surface area contributed by atoms with Crippen LogP contribution in [-0.4, -0.2) is 0 Å². The monoisotopic (exact) mass is 630 g/mol.